The number of nitrogens with two attached hydrogens (primary N) is 1. The molecule has 0 spiro atoms. The van der Waals surface area contributed by atoms with E-state index in [1.54, 1.807) is 0 Å². The molecule has 0 fully saturated rings. The van der Waals surface area contributed by atoms with E-state index in [4.69, 9.17) is 5.73 Å². The summed E-state index contributed by atoms with van der Waals surface area (Å²) in [6.45, 7) is 4.39. The molecule has 2 rings (SSSR count). The van der Waals surface area contributed by atoms with Crippen molar-refractivity contribution in [1.29, 1.82) is 0 Å². The van der Waals surface area contributed by atoms with Crippen molar-refractivity contribution >= 4 is 0 Å². The molecule has 0 saturated heterocycles. The number of hydrogen-bond donors (Lipinski definition) is 1. The Kier molecular flexibility index (Phi) is 2.60. The molecule has 0 bridgehead atoms. The van der Waals surface area contributed by atoms with Crippen molar-refractivity contribution in [1.82, 2.24) is 0 Å². The fourth-order valence-electron chi connectivity index (χ4n) is 2.55. The molecule has 1 nitrogen and oxygen atoms in total. The van der Waals surface area contributed by atoms with Crippen molar-refractivity contribution in [3.05, 3.63) is 34.4 Å². The first-order chi connectivity index (χ1) is 6.70. The highest BCUT2D eigenvalue weighted by Gasteiger charge is 2.18. The van der Waals surface area contributed by atoms with Gasteiger partial charge in [-0.05, 0) is 55.4 Å². The van der Waals surface area contributed by atoms with E-state index in [9.17, 15) is 0 Å². The minimum Gasteiger partial charge on any atom is -0.324 e. The lowest BCUT2D eigenvalue weighted by molar-refractivity contribution is 0.613. The van der Waals surface area contributed by atoms with E-state index in [0.29, 0.717) is 0 Å². The van der Waals surface area contributed by atoms with Gasteiger partial charge in [-0.1, -0.05) is 18.6 Å². The summed E-state index contributed by atoms with van der Waals surface area (Å²) < 4.78 is 0. The van der Waals surface area contributed by atoms with Crippen LogP contribution in [-0.2, 0) is 6.42 Å². The first-order valence-electron chi connectivity index (χ1n) is 5.54. The number of aryl methyl sites for hydroxylation is 2. The largest absolute Gasteiger partial charge is 0.324 e. The van der Waals surface area contributed by atoms with Crippen LogP contribution in [-0.4, -0.2) is 0 Å². The summed E-state index contributed by atoms with van der Waals surface area (Å²) in [4.78, 5) is 0. The lowest BCUT2D eigenvalue weighted by Crippen LogP contribution is -2.12. The third-order valence-electron chi connectivity index (χ3n) is 3.37. The Hall–Kier alpha value is -0.820. The van der Waals surface area contributed by atoms with Gasteiger partial charge in [0.25, 0.3) is 0 Å². The Morgan fingerprint density at radius 3 is 2.64 bits per heavy atom. The van der Waals surface area contributed by atoms with Crippen molar-refractivity contribution < 1.29 is 0 Å². The van der Waals surface area contributed by atoms with Crippen molar-refractivity contribution in [2.24, 2.45) is 5.73 Å². The molecule has 0 aromatic heterocycles. The molecule has 1 aliphatic rings. The molecule has 14 heavy (non-hydrogen) atoms. The molecule has 0 radical (unpaired) electrons. The number of fused-ring (bicyclic) bond motifs is 1. The maximum atomic E-state index is 6.22. The molecule has 1 unspecified atom stereocenters. The van der Waals surface area contributed by atoms with Gasteiger partial charge in [-0.15, -0.1) is 0 Å². The van der Waals surface area contributed by atoms with Crippen LogP contribution in [0.1, 0.15) is 47.6 Å². The topological polar surface area (TPSA) is 26.0 Å². The first-order valence-corrected chi connectivity index (χ1v) is 5.54. The van der Waals surface area contributed by atoms with E-state index < -0.39 is 0 Å². The van der Waals surface area contributed by atoms with Gasteiger partial charge in [0.1, 0.15) is 0 Å². The van der Waals surface area contributed by atoms with E-state index >= 15 is 0 Å². The Labute approximate surface area is 86.3 Å². The van der Waals surface area contributed by atoms with Gasteiger partial charge >= 0.3 is 0 Å². The molecule has 1 aromatic carbocycles. The summed E-state index contributed by atoms with van der Waals surface area (Å²) >= 11 is 0. The highest BCUT2D eigenvalue weighted by atomic mass is 14.6. The summed E-state index contributed by atoms with van der Waals surface area (Å²) in [6.07, 6.45) is 4.94. The van der Waals surface area contributed by atoms with Crippen LogP contribution in [0.3, 0.4) is 0 Å². The molecule has 1 aromatic rings. The molecule has 0 aliphatic heterocycles. The quantitative estimate of drug-likeness (QED) is 0.624. The molecule has 1 aliphatic carbocycles. The van der Waals surface area contributed by atoms with Crippen LogP contribution in [0.15, 0.2) is 12.1 Å². The van der Waals surface area contributed by atoms with Crippen LogP contribution in [0, 0.1) is 13.8 Å². The lowest BCUT2D eigenvalue weighted by atomic mass is 9.91. The smallest absolute Gasteiger partial charge is 0.0300 e. The second kappa shape index (κ2) is 3.74. The molecule has 1 heteroatoms. The summed E-state index contributed by atoms with van der Waals surface area (Å²) in [5, 5.41) is 0. The maximum absolute atomic E-state index is 6.22. The summed E-state index contributed by atoms with van der Waals surface area (Å²) in [5.41, 5.74) is 12.0. The summed E-state index contributed by atoms with van der Waals surface area (Å²) in [7, 11) is 0. The van der Waals surface area contributed by atoms with Gasteiger partial charge < -0.3 is 5.73 Å². The van der Waals surface area contributed by atoms with E-state index in [1.807, 2.05) is 0 Å². The van der Waals surface area contributed by atoms with E-state index in [-0.39, 0.29) is 6.04 Å². The van der Waals surface area contributed by atoms with Crippen LogP contribution in [0.5, 0.6) is 0 Å². The molecule has 76 valence electrons. The number of hydrogen-bond acceptors (Lipinski definition) is 1. The Morgan fingerprint density at radius 2 is 1.86 bits per heavy atom. The maximum Gasteiger partial charge on any atom is 0.0300 e. The van der Waals surface area contributed by atoms with Gasteiger partial charge in [0.05, 0.1) is 0 Å². The Bertz CT molecular complexity index is 341. The highest BCUT2D eigenvalue weighted by molar-refractivity contribution is 5.42. The van der Waals surface area contributed by atoms with Gasteiger partial charge in [0.15, 0.2) is 0 Å². The van der Waals surface area contributed by atoms with Crippen LogP contribution < -0.4 is 5.73 Å². The van der Waals surface area contributed by atoms with Crippen molar-refractivity contribution in [2.45, 2.75) is 45.6 Å². The van der Waals surface area contributed by atoms with Gasteiger partial charge in [-0.2, -0.15) is 0 Å². The minimum absolute atomic E-state index is 0.271. The number of benzene rings is 1. The predicted octanol–water partition coefficient (Wildman–Crippen LogP) is 3.03. The fourth-order valence-corrected chi connectivity index (χ4v) is 2.55. The molecule has 0 amide bonds. The van der Waals surface area contributed by atoms with Crippen LogP contribution >= 0.6 is 0 Å². The zero-order valence-corrected chi connectivity index (χ0v) is 9.14. The number of rotatable bonds is 0. The van der Waals surface area contributed by atoms with E-state index in [0.717, 1.165) is 6.42 Å². The molecule has 0 saturated carbocycles. The lowest BCUT2D eigenvalue weighted by Gasteiger charge is -2.17. The molecule has 1 atom stereocenters. The summed E-state index contributed by atoms with van der Waals surface area (Å²) in [6, 6.07) is 4.71. The van der Waals surface area contributed by atoms with Crippen molar-refractivity contribution in [3.63, 3.8) is 0 Å². The second-order valence-corrected chi connectivity index (χ2v) is 4.44. The average molecular weight is 189 g/mol. The third-order valence-corrected chi connectivity index (χ3v) is 3.37. The van der Waals surface area contributed by atoms with Crippen LogP contribution in [0.25, 0.3) is 0 Å². The predicted molar refractivity (Wildman–Crippen MR) is 60.4 cm³/mol. The SMILES string of the molecule is Cc1ccc(C)c2c1CCCCC2N. The highest BCUT2D eigenvalue weighted by Crippen LogP contribution is 2.31. The van der Waals surface area contributed by atoms with Crippen molar-refractivity contribution in [3.8, 4) is 0 Å². The zero-order chi connectivity index (χ0) is 10.1. The zero-order valence-electron chi connectivity index (χ0n) is 9.14. The van der Waals surface area contributed by atoms with E-state index in [2.05, 4.69) is 26.0 Å². The monoisotopic (exact) mass is 189 g/mol. The molecular weight excluding hydrogens is 170 g/mol. The normalized spacial score (nSPS) is 21.5. The minimum atomic E-state index is 0.271. The molecule has 0 heterocycles. The molecule has 2 N–H and O–H groups in total. The second-order valence-electron chi connectivity index (χ2n) is 4.44. The van der Waals surface area contributed by atoms with Gasteiger partial charge in [0, 0.05) is 6.04 Å². The molecular formula is C13H19N. The van der Waals surface area contributed by atoms with Crippen LogP contribution in [0.2, 0.25) is 0 Å². The van der Waals surface area contributed by atoms with E-state index in [1.165, 1.54) is 41.5 Å². The van der Waals surface area contributed by atoms with Gasteiger partial charge in [-0.25, -0.2) is 0 Å². The third kappa shape index (κ3) is 1.57. The standard InChI is InChI=1S/C13H19N/c1-9-7-8-10(2)13-11(9)5-3-4-6-12(13)14/h7-8,12H,3-6,14H2,1-2H3. The van der Waals surface area contributed by atoms with Gasteiger partial charge in [0.2, 0.25) is 0 Å². The Balaban J connectivity index is 2.57. The summed E-state index contributed by atoms with van der Waals surface area (Å²) in [5.74, 6) is 0. The Morgan fingerprint density at radius 1 is 1.14 bits per heavy atom. The first kappa shape index (κ1) is 9.72. The van der Waals surface area contributed by atoms with Crippen LogP contribution in [0.4, 0.5) is 0 Å². The fraction of sp³-hybridized carbons (Fsp3) is 0.538. The average Bonchev–Trinajstić information content (AvgIpc) is 2.35. The van der Waals surface area contributed by atoms with Crippen molar-refractivity contribution in [2.75, 3.05) is 0 Å². The van der Waals surface area contributed by atoms with Gasteiger partial charge in [-0.3, -0.25) is 0 Å².